The molecule has 19 heavy (non-hydrogen) atoms. The lowest BCUT2D eigenvalue weighted by atomic mass is 10.1. The second kappa shape index (κ2) is 7.31. The van der Waals surface area contributed by atoms with Gasteiger partial charge in [0.15, 0.2) is 0 Å². The Balaban J connectivity index is 2.29. The molecule has 0 heterocycles. The van der Waals surface area contributed by atoms with Crippen molar-refractivity contribution in [3.63, 3.8) is 0 Å². The molecule has 0 aliphatic heterocycles. The second-order valence-corrected chi connectivity index (χ2v) is 5.80. The summed E-state index contributed by atoms with van der Waals surface area (Å²) < 4.78 is 5.39. The third-order valence-electron chi connectivity index (χ3n) is 2.27. The lowest BCUT2D eigenvalue weighted by Gasteiger charge is -2.19. The van der Waals surface area contributed by atoms with E-state index in [-0.39, 0.29) is 6.61 Å². The fourth-order valence-corrected chi connectivity index (χ4v) is 1.65. The SMILES string of the molecule is CC(C)(O)CNCC(O)COc1ccc(Cl)c(Cl)c1. The third kappa shape index (κ3) is 6.99. The Bertz CT molecular complexity index is 407. The summed E-state index contributed by atoms with van der Waals surface area (Å²) in [4.78, 5) is 0. The number of nitrogens with one attached hydrogen (secondary N) is 1. The molecule has 0 saturated heterocycles. The summed E-state index contributed by atoms with van der Waals surface area (Å²) in [6.45, 7) is 4.26. The number of benzene rings is 1. The molecule has 1 aromatic rings. The molecule has 0 aliphatic rings. The third-order valence-corrected chi connectivity index (χ3v) is 3.01. The Morgan fingerprint density at radius 2 is 2.00 bits per heavy atom. The van der Waals surface area contributed by atoms with E-state index in [1.165, 1.54) is 0 Å². The lowest BCUT2D eigenvalue weighted by molar-refractivity contribution is 0.0665. The smallest absolute Gasteiger partial charge is 0.121 e. The molecule has 0 spiro atoms. The monoisotopic (exact) mass is 307 g/mol. The first-order valence-corrected chi connectivity index (χ1v) is 6.72. The molecule has 6 heteroatoms. The van der Waals surface area contributed by atoms with E-state index in [4.69, 9.17) is 27.9 Å². The minimum absolute atomic E-state index is 0.136. The number of halogens is 2. The zero-order valence-corrected chi connectivity index (χ0v) is 12.5. The highest BCUT2D eigenvalue weighted by molar-refractivity contribution is 6.42. The minimum Gasteiger partial charge on any atom is -0.491 e. The van der Waals surface area contributed by atoms with Gasteiger partial charge in [-0.3, -0.25) is 0 Å². The molecule has 0 bridgehead atoms. The number of aliphatic hydroxyl groups excluding tert-OH is 1. The van der Waals surface area contributed by atoms with E-state index in [1.54, 1.807) is 32.0 Å². The molecule has 1 atom stereocenters. The van der Waals surface area contributed by atoms with Crippen molar-refractivity contribution in [2.75, 3.05) is 19.7 Å². The molecule has 0 aromatic heterocycles. The first-order valence-electron chi connectivity index (χ1n) is 5.97. The van der Waals surface area contributed by atoms with Crippen LogP contribution in [0.25, 0.3) is 0 Å². The van der Waals surface area contributed by atoms with Crippen LogP contribution in [0, 0.1) is 0 Å². The standard InChI is InChI=1S/C13H19Cl2NO3/c1-13(2,18)8-16-6-9(17)7-19-10-3-4-11(14)12(15)5-10/h3-5,9,16-18H,6-8H2,1-2H3. The van der Waals surface area contributed by atoms with Crippen LogP contribution in [-0.4, -0.2) is 41.6 Å². The normalized spacial score (nSPS) is 13.4. The Morgan fingerprint density at radius 1 is 1.32 bits per heavy atom. The maximum atomic E-state index is 9.70. The summed E-state index contributed by atoms with van der Waals surface area (Å²) in [5.74, 6) is 0.552. The van der Waals surface area contributed by atoms with E-state index in [0.717, 1.165) is 0 Å². The van der Waals surface area contributed by atoms with E-state index in [0.29, 0.717) is 28.9 Å². The van der Waals surface area contributed by atoms with Crippen molar-refractivity contribution in [2.24, 2.45) is 0 Å². The Labute approximate surface area is 123 Å². The quantitative estimate of drug-likeness (QED) is 0.722. The van der Waals surface area contributed by atoms with Crippen LogP contribution >= 0.6 is 23.2 Å². The van der Waals surface area contributed by atoms with E-state index in [1.807, 2.05) is 0 Å². The van der Waals surface area contributed by atoms with Gasteiger partial charge >= 0.3 is 0 Å². The largest absolute Gasteiger partial charge is 0.491 e. The van der Waals surface area contributed by atoms with Gasteiger partial charge in [0.2, 0.25) is 0 Å². The predicted octanol–water partition coefficient (Wildman–Crippen LogP) is 2.09. The summed E-state index contributed by atoms with van der Waals surface area (Å²) in [6, 6.07) is 4.92. The fourth-order valence-electron chi connectivity index (χ4n) is 1.36. The van der Waals surface area contributed by atoms with Crippen LogP contribution in [0.2, 0.25) is 10.0 Å². The topological polar surface area (TPSA) is 61.7 Å². The maximum absolute atomic E-state index is 9.70. The molecule has 0 radical (unpaired) electrons. The van der Waals surface area contributed by atoms with Crippen LogP contribution in [-0.2, 0) is 0 Å². The first-order chi connectivity index (χ1) is 8.78. The molecule has 108 valence electrons. The molecule has 0 saturated carbocycles. The van der Waals surface area contributed by atoms with Crippen molar-refractivity contribution in [1.29, 1.82) is 0 Å². The first kappa shape index (κ1) is 16.5. The molecule has 0 aliphatic carbocycles. The maximum Gasteiger partial charge on any atom is 0.121 e. The Morgan fingerprint density at radius 3 is 2.58 bits per heavy atom. The van der Waals surface area contributed by atoms with Gasteiger partial charge in [0.1, 0.15) is 18.5 Å². The summed E-state index contributed by atoms with van der Waals surface area (Å²) >= 11 is 11.6. The minimum atomic E-state index is -0.801. The molecule has 0 fully saturated rings. The molecule has 0 amide bonds. The molecular weight excluding hydrogens is 289 g/mol. The van der Waals surface area contributed by atoms with Crippen molar-refractivity contribution in [3.05, 3.63) is 28.2 Å². The van der Waals surface area contributed by atoms with Gasteiger partial charge in [0.25, 0.3) is 0 Å². The van der Waals surface area contributed by atoms with Gasteiger partial charge in [-0.15, -0.1) is 0 Å². The highest BCUT2D eigenvalue weighted by Crippen LogP contribution is 2.26. The molecule has 1 unspecified atom stereocenters. The van der Waals surface area contributed by atoms with Crippen molar-refractivity contribution >= 4 is 23.2 Å². The summed E-state index contributed by atoms with van der Waals surface area (Å²) in [5, 5.41) is 23.0. The van der Waals surface area contributed by atoms with Crippen LogP contribution in [0.4, 0.5) is 0 Å². The van der Waals surface area contributed by atoms with Gasteiger partial charge in [-0.05, 0) is 26.0 Å². The van der Waals surface area contributed by atoms with Gasteiger partial charge < -0.3 is 20.3 Å². The van der Waals surface area contributed by atoms with Crippen molar-refractivity contribution in [3.8, 4) is 5.75 Å². The summed E-state index contributed by atoms with van der Waals surface area (Å²) in [7, 11) is 0. The van der Waals surface area contributed by atoms with Gasteiger partial charge in [-0.1, -0.05) is 23.2 Å². The second-order valence-electron chi connectivity index (χ2n) is 4.98. The van der Waals surface area contributed by atoms with E-state index in [9.17, 15) is 10.2 Å². The zero-order chi connectivity index (χ0) is 14.5. The van der Waals surface area contributed by atoms with Gasteiger partial charge in [0, 0.05) is 19.2 Å². The molecule has 1 rings (SSSR count). The average Bonchev–Trinajstić information content (AvgIpc) is 2.29. The van der Waals surface area contributed by atoms with Crippen LogP contribution in [0.1, 0.15) is 13.8 Å². The van der Waals surface area contributed by atoms with Crippen molar-refractivity contribution < 1.29 is 14.9 Å². The van der Waals surface area contributed by atoms with E-state index >= 15 is 0 Å². The van der Waals surface area contributed by atoms with Crippen LogP contribution in [0.3, 0.4) is 0 Å². The molecule has 4 nitrogen and oxygen atoms in total. The number of rotatable bonds is 7. The van der Waals surface area contributed by atoms with Gasteiger partial charge in [-0.25, -0.2) is 0 Å². The Kier molecular flexibility index (Phi) is 6.36. The van der Waals surface area contributed by atoms with Crippen LogP contribution in [0.5, 0.6) is 5.75 Å². The van der Waals surface area contributed by atoms with Gasteiger partial charge in [0.05, 0.1) is 15.6 Å². The average molecular weight is 308 g/mol. The fraction of sp³-hybridized carbons (Fsp3) is 0.538. The van der Waals surface area contributed by atoms with E-state index in [2.05, 4.69) is 5.32 Å². The van der Waals surface area contributed by atoms with Crippen molar-refractivity contribution in [1.82, 2.24) is 5.32 Å². The van der Waals surface area contributed by atoms with Crippen LogP contribution in [0.15, 0.2) is 18.2 Å². The van der Waals surface area contributed by atoms with Gasteiger partial charge in [-0.2, -0.15) is 0 Å². The highest BCUT2D eigenvalue weighted by atomic mass is 35.5. The zero-order valence-electron chi connectivity index (χ0n) is 11.0. The molecular formula is C13H19Cl2NO3. The number of aliphatic hydroxyl groups is 2. The van der Waals surface area contributed by atoms with E-state index < -0.39 is 11.7 Å². The highest BCUT2D eigenvalue weighted by Gasteiger charge is 2.13. The summed E-state index contributed by atoms with van der Waals surface area (Å²) in [6.07, 6.45) is -0.670. The summed E-state index contributed by atoms with van der Waals surface area (Å²) in [5.41, 5.74) is -0.801. The lowest BCUT2D eigenvalue weighted by Crippen LogP contribution is -2.40. The number of ether oxygens (including phenoxy) is 1. The molecule has 1 aromatic carbocycles. The molecule has 3 N–H and O–H groups in total. The number of hydrogen-bond donors (Lipinski definition) is 3. The predicted molar refractivity (Wildman–Crippen MR) is 77.1 cm³/mol. The Hall–Kier alpha value is -0.520. The van der Waals surface area contributed by atoms with Crippen molar-refractivity contribution in [2.45, 2.75) is 25.6 Å². The van der Waals surface area contributed by atoms with Crippen LogP contribution < -0.4 is 10.1 Å². The number of hydrogen-bond acceptors (Lipinski definition) is 4.